The molecule has 4 aromatic rings. The van der Waals surface area contributed by atoms with E-state index in [1.165, 1.54) is 23.0 Å². The lowest BCUT2D eigenvalue weighted by Crippen LogP contribution is -2.14. The largest absolute Gasteiger partial charge is 0.451 e. The summed E-state index contributed by atoms with van der Waals surface area (Å²) in [6.45, 7) is 4.11. The standard InChI is InChI=1S/C20H16N2O3S/c1-11-8-9-17-18(12(11)2)22(3)20(26-17)21-19(24)16-10-14(23)13-6-4-5-7-15(13)25-16/h4-10H,1-3H3. The van der Waals surface area contributed by atoms with Crippen LogP contribution in [0.3, 0.4) is 0 Å². The Morgan fingerprint density at radius 3 is 2.73 bits per heavy atom. The van der Waals surface area contributed by atoms with Gasteiger partial charge >= 0.3 is 5.91 Å². The first-order valence-electron chi connectivity index (χ1n) is 8.13. The molecular weight excluding hydrogens is 348 g/mol. The first kappa shape index (κ1) is 16.5. The molecule has 0 N–H and O–H groups in total. The zero-order valence-corrected chi connectivity index (χ0v) is 15.4. The molecule has 130 valence electrons. The molecule has 2 heterocycles. The summed E-state index contributed by atoms with van der Waals surface area (Å²) in [6.07, 6.45) is 0. The molecule has 0 saturated carbocycles. The van der Waals surface area contributed by atoms with Gasteiger partial charge in [0.1, 0.15) is 5.58 Å². The van der Waals surface area contributed by atoms with Crippen LogP contribution in [0.25, 0.3) is 21.2 Å². The van der Waals surface area contributed by atoms with Crippen LogP contribution in [-0.4, -0.2) is 10.5 Å². The van der Waals surface area contributed by atoms with Crippen molar-refractivity contribution >= 4 is 38.4 Å². The summed E-state index contributed by atoms with van der Waals surface area (Å²) in [7, 11) is 1.88. The second-order valence-electron chi connectivity index (χ2n) is 6.19. The molecule has 0 aliphatic carbocycles. The molecule has 0 saturated heterocycles. The Morgan fingerprint density at radius 1 is 1.15 bits per heavy atom. The van der Waals surface area contributed by atoms with Crippen molar-refractivity contribution < 1.29 is 9.21 Å². The zero-order valence-electron chi connectivity index (χ0n) is 14.6. The van der Waals surface area contributed by atoms with Crippen molar-refractivity contribution in [2.75, 3.05) is 0 Å². The van der Waals surface area contributed by atoms with Gasteiger partial charge in [0, 0.05) is 13.1 Å². The van der Waals surface area contributed by atoms with Gasteiger partial charge in [-0.3, -0.25) is 9.59 Å². The maximum absolute atomic E-state index is 12.6. The number of para-hydroxylation sites is 1. The molecule has 0 aliphatic rings. The van der Waals surface area contributed by atoms with Crippen LogP contribution in [0.15, 0.2) is 56.7 Å². The third-order valence-electron chi connectivity index (χ3n) is 4.53. The minimum Gasteiger partial charge on any atom is -0.451 e. The van der Waals surface area contributed by atoms with Gasteiger partial charge in [0.15, 0.2) is 16.0 Å². The lowest BCUT2D eigenvalue weighted by molar-refractivity contribution is 0.0972. The molecule has 6 heteroatoms. The number of hydrogen-bond acceptors (Lipinski definition) is 4. The van der Waals surface area contributed by atoms with E-state index in [-0.39, 0.29) is 11.2 Å². The van der Waals surface area contributed by atoms with E-state index in [2.05, 4.69) is 24.9 Å². The summed E-state index contributed by atoms with van der Waals surface area (Å²) in [4.78, 5) is 29.5. The van der Waals surface area contributed by atoms with Gasteiger partial charge in [0.2, 0.25) is 0 Å². The monoisotopic (exact) mass is 364 g/mol. The molecule has 0 atom stereocenters. The average Bonchev–Trinajstić information content (AvgIpc) is 2.94. The molecule has 2 aromatic carbocycles. The first-order valence-corrected chi connectivity index (χ1v) is 8.95. The van der Waals surface area contributed by atoms with E-state index < -0.39 is 5.91 Å². The average molecular weight is 364 g/mol. The molecular formula is C20H16N2O3S. The van der Waals surface area contributed by atoms with E-state index in [0.29, 0.717) is 15.8 Å². The van der Waals surface area contributed by atoms with Gasteiger partial charge in [-0.2, -0.15) is 4.99 Å². The molecule has 0 fully saturated rings. The summed E-state index contributed by atoms with van der Waals surface area (Å²) in [5.74, 6) is -0.622. The van der Waals surface area contributed by atoms with Crippen LogP contribution in [0, 0.1) is 13.8 Å². The van der Waals surface area contributed by atoms with Gasteiger partial charge in [-0.25, -0.2) is 0 Å². The second-order valence-corrected chi connectivity index (χ2v) is 7.19. The number of fused-ring (bicyclic) bond motifs is 2. The van der Waals surface area contributed by atoms with Crippen LogP contribution in [0.4, 0.5) is 0 Å². The number of aromatic nitrogens is 1. The highest BCUT2D eigenvalue weighted by atomic mass is 32.1. The van der Waals surface area contributed by atoms with Crippen LogP contribution >= 0.6 is 11.3 Å². The molecule has 2 aromatic heterocycles. The summed E-state index contributed by atoms with van der Waals surface area (Å²) in [6, 6.07) is 12.1. The number of hydrogen-bond donors (Lipinski definition) is 0. The Balaban J connectivity index is 1.88. The van der Waals surface area contributed by atoms with Gasteiger partial charge in [-0.15, -0.1) is 0 Å². The fourth-order valence-electron chi connectivity index (χ4n) is 2.99. The summed E-state index contributed by atoms with van der Waals surface area (Å²) in [5.41, 5.74) is 3.53. The van der Waals surface area contributed by atoms with Crippen molar-refractivity contribution in [1.82, 2.24) is 4.57 Å². The Bertz CT molecular complexity index is 1310. The molecule has 1 amide bonds. The third-order valence-corrected chi connectivity index (χ3v) is 5.63. The quantitative estimate of drug-likeness (QED) is 0.517. The Morgan fingerprint density at radius 2 is 1.92 bits per heavy atom. The minimum atomic E-state index is -0.565. The highest BCUT2D eigenvalue weighted by molar-refractivity contribution is 7.16. The van der Waals surface area contributed by atoms with E-state index in [9.17, 15) is 9.59 Å². The number of rotatable bonds is 1. The van der Waals surface area contributed by atoms with Crippen molar-refractivity contribution in [2.24, 2.45) is 12.0 Å². The van der Waals surface area contributed by atoms with Crippen LogP contribution in [0.1, 0.15) is 21.7 Å². The third kappa shape index (κ3) is 2.59. The molecule has 0 aliphatic heterocycles. The maximum Gasteiger partial charge on any atom is 0.315 e. The van der Waals surface area contributed by atoms with Gasteiger partial charge < -0.3 is 8.98 Å². The van der Waals surface area contributed by atoms with E-state index in [1.807, 2.05) is 17.7 Å². The van der Waals surface area contributed by atoms with Crippen LogP contribution in [-0.2, 0) is 7.05 Å². The van der Waals surface area contributed by atoms with Crippen LogP contribution in [0.2, 0.25) is 0 Å². The molecule has 26 heavy (non-hydrogen) atoms. The number of aryl methyl sites for hydroxylation is 3. The zero-order chi connectivity index (χ0) is 18.4. The fourth-order valence-corrected chi connectivity index (χ4v) is 4.06. The Hall–Kier alpha value is -2.99. The molecule has 5 nitrogen and oxygen atoms in total. The van der Waals surface area contributed by atoms with Crippen molar-refractivity contribution in [3.05, 3.63) is 74.4 Å². The summed E-state index contributed by atoms with van der Waals surface area (Å²) in [5, 5.41) is 0.447. The highest BCUT2D eigenvalue weighted by Crippen LogP contribution is 2.23. The summed E-state index contributed by atoms with van der Waals surface area (Å²) < 4.78 is 8.55. The lowest BCUT2D eigenvalue weighted by atomic mass is 10.1. The van der Waals surface area contributed by atoms with E-state index >= 15 is 0 Å². The number of benzene rings is 2. The van der Waals surface area contributed by atoms with Gasteiger partial charge in [-0.1, -0.05) is 29.5 Å². The number of carbonyl (C=O) groups is 1. The topological polar surface area (TPSA) is 64.6 Å². The predicted molar refractivity (Wildman–Crippen MR) is 103 cm³/mol. The van der Waals surface area contributed by atoms with Crippen molar-refractivity contribution in [1.29, 1.82) is 0 Å². The Kier molecular flexibility index (Phi) is 3.85. The van der Waals surface area contributed by atoms with Crippen molar-refractivity contribution in [3.8, 4) is 0 Å². The number of carbonyl (C=O) groups excluding carboxylic acids is 1. The molecule has 0 radical (unpaired) electrons. The van der Waals surface area contributed by atoms with Crippen molar-refractivity contribution in [3.63, 3.8) is 0 Å². The molecule has 0 bridgehead atoms. The van der Waals surface area contributed by atoms with Crippen LogP contribution < -0.4 is 10.2 Å². The molecule has 0 unspecified atom stereocenters. The molecule has 0 spiro atoms. The second kappa shape index (κ2) is 6.07. The Labute approximate surface area is 152 Å². The SMILES string of the molecule is Cc1ccc2sc(=NC(=O)c3cc(=O)c4ccccc4o3)n(C)c2c1C. The van der Waals surface area contributed by atoms with E-state index in [0.717, 1.165) is 15.8 Å². The first-order chi connectivity index (χ1) is 12.5. The van der Waals surface area contributed by atoms with Crippen LogP contribution in [0.5, 0.6) is 0 Å². The number of thiazole rings is 1. The van der Waals surface area contributed by atoms with E-state index in [1.54, 1.807) is 24.3 Å². The van der Waals surface area contributed by atoms with Crippen molar-refractivity contribution in [2.45, 2.75) is 13.8 Å². The summed E-state index contributed by atoms with van der Waals surface area (Å²) >= 11 is 1.43. The van der Waals surface area contributed by atoms with Gasteiger partial charge in [0.05, 0.1) is 15.6 Å². The van der Waals surface area contributed by atoms with Gasteiger partial charge in [0.25, 0.3) is 0 Å². The number of nitrogens with zero attached hydrogens (tertiary/aromatic N) is 2. The number of amides is 1. The van der Waals surface area contributed by atoms with Gasteiger partial charge in [-0.05, 0) is 43.2 Å². The maximum atomic E-state index is 12.6. The smallest absolute Gasteiger partial charge is 0.315 e. The predicted octanol–water partition coefficient (Wildman–Crippen LogP) is 3.70. The minimum absolute atomic E-state index is 0.0564. The normalized spacial score (nSPS) is 12.2. The highest BCUT2D eigenvalue weighted by Gasteiger charge is 2.13. The fraction of sp³-hybridized carbons (Fsp3) is 0.150. The van der Waals surface area contributed by atoms with E-state index in [4.69, 9.17) is 4.42 Å². The lowest BCUT2D eigenvalue weighted by Gasteiger charge is -2.03. The molecule has 4 rings (SSSR count).